The fraction of sp³-hybridized carbons (Fsp3) is 0. The van der Waals surface area contributed by atoms with E-state index >= 15 is 0 Å². The second-order valence-corrected chi connectivity index (χ2v) is 10.3. The van der Waals surface area contributed by atoms with Gasteiger partial charge in [-0.3, -0.25) is 10.1 Å². The van der Waals surface area contributed by atoms with Gasteiger partial charge in [-0.25, -0.2) is 9.97 Å². The zero-order valence-electron chi connectivity index (χ0n) is 19.9. The molecule has 4 aromatic carbocycles. The van der Waals surface area contributed by atoms with Gasteiger partial charge in [0, 0.05) is 26.9 Å². The van der Waals surface area contributed by atoms with Crippen LogP contribution in [0, 0.1) is 0 Å². The number of hydrogen-bond acceptors (Lipinski definition) is 4. The molecule has 0 fully saturated rings. The molecule has 0 atom stereocenters. The van der Waals surface area contributed by atoms with Gasteiger partial charge in [0.1, 0.15) is 0 Å². The van der Waals surface area contributed by atoms with Crippen LogP contribution in [0.2, 0.25) is 10.0 Å². The van der Waals surface area contributed by atoms with E-state index in [1.807, 2.05) is 72.1 Å². The number of amides is 1. The highest BCUT2D eigenvalue weighted by atomic mass is 35.5. The van der Waals surface area contributed by atoms with Gasteiger partial charge in [0.15, 0.2) is 5.13 Å². The molecule has 1 amide bonds. The van der Waals surface area contributed by atoms with Gasteiger partial charge >= 0.3 is 0 Å². The Morgan fingerprint density at radius 3 is 2.21 bits per heavy atom. The molecular formula is C31H19Cl2N3OS. The first kappa shape index (κ1) is 24.3. The summed E-state index contributed by atoms with van der Waals surface area (Å²) in [6.07, 6.45) is 0. The fourth-order valence-electron chi connectivity index (χ4n) is 4.29. The molecule has 0 aliphatic carbocycles. The summed E-state index contributed by atoms with van der Waals surface area (Å²) in [7, 11) is 0. The summed E-state index contributed by atoms with van der Waals surface area (Å²) in [6, 6.07) is 33.1. The molecular weight excluding hydrogens is 533 g/mol. The van der Waals surface area contributed by atoms with Gasteiger partial charge in [0.2, 0.25) is 0 Å². The number of hydrogen-bond donors (Lipinski definition) is 1. The Morgan fingerprint density at radius 2 is 1.42 bits per heavy atom. The number of halogens is 2. The normalized spacial score (nSPS) is 11.0. The van der Waals surface area contributed by atoms with Gasteiger partial charge in [0.25, 0.3) is 5.91 Å². The third kappa shape index (κ3) is 4.92. The Kier molecular flexibility index (Phi) is 6.64. The Labute approximate surface area is 233 Å². The van der Waals surface area contributed by atoms with Gasteiger partial charge in [-0.15, -0.1) is 11.3 Å². The number of nitrogens with zero attached hydrogens (tertiary/aromatic N) is 2. The van der Waals surface area contributed by atoms with E-state index in [4.69, 9.17) is 28.2 Å². The quantitative estimate of drug-likeness (QED) is 0.232. The number of fused-ring (bicyclic) bond motifs is 1. The first-order valence-corrected chi connectivity index (χ1v) is 13.5. The van der Waals surface area contributed by atoms with Gasteiger partial charge in [0.05, 0.1) is 27.5 Å². The number of anilines is 1. The Bertz CT molecular complexity index is 1780. The van der Waals surface area contributed by atoms with Crippen molar-refractivity contribution in [3.63, 3.8) is 0 Å². The first-order chi connectivity index (χ1) is 18.5. The van der Waals surface area contributed by atoms with E-state index in [0.29, 0.717) is 26.4 Å². The van der Waals surface area contributed by atoms with Gasteiger partial charge < -0.3 is 0 Å². The van der Waals surface area contributed by atoms with Crippen LogP contribution in [-0.2, 0) is 0 Å². The largest absolute Gasteiger partial charge is 0.298 e. The molecule has 38 heavy (non-hydrogen) atoms. The molecule has 6 rings (SSSR count). The molecule has 0 saturated carbocycles. The molecule has 0 radical (unpaired) electrons. The lowest BCUT2D eigenvalue weighted by Crippen LogP contribution is -2.13. The van der Waals surface area contributed by atoms with E-state index in [1.54, 1.807) is 12.1 Å². The minimum absolute atomic E-state index is 0.256. The molecule has 2 heterocycles. The van der Waals surface area contributed by atoms with Crippen LogP contribution in [0.25, 0.3) is 44.5 Å². The Hall–Kier alpha value is -4.03. The summed E-state index contributed by atoms with van der Waals surface area (Å²) in [5.41, 5.74) is 6.62. The van der Waals surface area contributed by atoms with Crippen molar-refractivity contribution in [2.75, 3.05) is 5.32 Å². The van der Waals surface area contributed by atoms with Crippen LogP contribution in [-0.4, -0.2) is 15.9 Å². The van der Waals surface area contributed by atoms with Crippen molar-refractivity contribution in [1.82, 2.24) is 9.97 Å². The molecule has 1 N–H and O–H groups in total. The minimum Gasteiger partial charge on any atom is -0.298 e. The van der Waals surface area contributed by atoms with Crippen LogP contribution in [0.5, 0.6) is 0 Å². The van der Waals surface area contributed by atoms with Crippen LogP contribution in [0.4, 0.5) is 5.13 Å². The third-order valence-electron chi connectivity index (χ3n) is 6.18. The predicted octanol–water partition coefficient (Wildman–Crippen LogP) is 9.25. The summed E-state index contributed by atoms with van der Waals surface area (Å²) in [6.45, 7) is 0. The fourth-order valence-corrected chi connectivity index (χ4v) is 5.50. The minimum atomic E-state index is -0.256. The third-order valence-corrected chi connectivity index (χ3v) is 7.49. The van der Waals surface area contributed by atoms with Gasteiger partial charge in [-0.1, -0.05) is 96.0 Å². The zero-order valence-corrected chi connectivity index (χ0v) is 22.2. The number of nitrogens with one attached hydrogen (secondary N) is 1. The molecule has 4 nitrogen and oxygen atoms in total. The number of aromatic nitrogens is 2. The molecule has 0 spiro atoms. The summed E-state index contributed by atoms with van der Waals surface area (Å²) < 4.78 is 0. The number of benzene rings is 4. The van der Waals surface area contributed by atoms with Gasteiger partial charge in [-0.2, -0.15) is 0 Å². The Morgan fingerprint density at radius 1 is 0.711 bits per heavy atom. The smallest absolute Gasteiger partial charge is 0.258 e. The number of thiazole rings is 1. The maximum Gasteiger partial charge on any atom is 0.258 e. The highest BCUT2D eigenvalue weighted by Gasteiger charge is 2.17. The lowest BCUT2D eigenvalue weighted by molar-refractivity contribution is 0.102. The van der Waals surface area contributed by atoms with E-state index in [2.05, 4.69) is 34.6 Å². The van der Waals surface area contributed by atoms with Crippen molar-refractivity contribution in [2.45, 2.75) is 0 Å². The number of para-hydroxylation sites is 1. The molecule has 7 heteroatoms. The molecule has 2 aromatic heterocycles. The molecule has 0 aliphatic heterocycles. The average molecular weight is 552 g/mol. The topological polar surface area (TPSA) is 54.9 Å². The predicted molar refractivity (Wildman–Crippen MR) is 158 cm³/mol. The molecule has 0 aliphatic rings. The second-order valence-electron chi connectivity index (χ2n) is 8.63. The van der Waals surface area contributed by atoms with E-state index in [9.17, 15) is 4.79 Å². The molecule has 0 unspecified atom stereocenters. The van der Waals surface area contributed by atoms with E-state index < -0.39 is 0 Å². The molecule has 0 saturated heterocycles. The van der Waals surface area contributed by atoms with Crippen LogP contribution < -0.4 is 5.32 Å². The van der Waals surface area contributed by atoms with Crippen molar-refractivity contribution in [2.24, 2.45) is 0 Å². The van der Waals surface area contributed by atoms with Crippen LogP contribution in [0.3, 0.4) is 0 Å². The number of carbonyl (C=O) groups excluding carboxylic acids is 1. The van der Waals surface area contributed by atoms with Crippen molar-refractivity contribution in [3.8, 4) is 33.6 Å². The number of rotatable bonds is 5. The summed E-state index contributed by atoms with van der Waals surface area (Å²) in [4.78, 5) is 22.9. The molecule has 184 valence electrons. The maximum atomic E-state index is 13.5. The second kappa shape index (κ2) is 10.4. The Balaban J connectivity index is 1.32. The van der Waals surface area contributed by atoms with E-state index in [0.717, 1.165) is 38.9 Å². The summed E-state index contributed by atoms with van der Waals surface area (Å²) >= 11 is 13.7. The maximum absolute atomic E-state index is 13.5. The van der Waals surface area contributed by atoms with Gasteiger partial charge in [-0.05, 0) is 41.5 Å². The molecule has 6 aromatic rings. The SMILES string of the molecule is O=C(Nc1nc(-c2ccc(Cl)cc2Cl)cs1)c1cc(-c2ccc(-c3ccccc3)cc2)nc2ccccc12. The monoisotopic (exact) mass is 551 g/mol. The lowest BCUT2D eigenvalue weighted by Gasteiger charge is -2.10. The first-order valence-electron chi connectivity index (χ1n) is 11.8. The molecule has 0 bridgehead atoms. The van der Waals surface area contributed by atoms with Crippen molar-refractivity contribution < 1.29 is 4.79 Å². The van der Waals surface area contributed by atoms with Crippen molar-refractivity contribution in [1.29, 1.82) is 0 Å². The average Bonchev–Trinajstić information content (AvgIpc) is 3.41. The van der Waals surface area contributed by atoms with Crippen molar-refractivity contribution >= 4 is 56.5 Å². The van der Waals surface area contributed by atoms with Crippen LogP contribution in [0.15, 0.2) is 109 Å². The standard InChI is InChI=1S/C31H19Cl2N3OS/c32-22-14-15-24(26(33)16-22)29-18-38-31(35-29)36-30(37)25-17-28(34-27-9-5-4-8-23(25)27)21-12-10-20(11-13-21)19-6-2-1-3-7-19/h1-18H,(H,35,36,37). The van der Waals surface area contributed by atoms with Crippen LogP contribution in [0.1, 0.15) is 10.4 Å². The highest BCUT2D eigenvalue weighted by molar-refractivity contribution is 7.14. The van der Waals surface area contributed by atoms with Crippen molar-refractivity contribution in [3.05, 3.63) is 124 Å². The lowest BCUT2D eigenvalue weighted by atomic mass is 10.0. The number of pyridine rings is 1. The summed E-state index contributed by atoms with van der Waals surface area (Å²) in [5, 5.41) is 7.11. The van der Waals surface area contributed by atoms with E-state index in [-0.39, 0.29) is 5.91 Å². The zero-order chi connectivity index (χ0) is 26.1. The van der Waals surface area contributed by atoms with Crippen LogP contribution >= 0.6 is 34.5 Å². The highest BCUT2D eigenvalue weighted by Crippen LogP contribution is 2.33. The van der Waals surface area contributed by atoms with E-state index in [1.165, 1.54) is 11.3 Å². The number of carbonyl (C=O) groups is 1. The summed E-state index contributed by atoms with van der Waals surface area (Å²) in [5.74, 6) is -0.256.